The van der Waals surface area contributed by atoms with Gasteiger partial charge in [-0.05, 0) is 23.8 Å². The smallest absolute Gasteiger partial charge is 0.113 e. The molecule has 0 atom stereocenters. The molecule has 0 aliphatic heterocycles. The molecule has 0 amide bonds. The zero-order valence-electron chi connectivity index (χ0n) is 10.8. The van der Waals surface area contributed by atoms with Crippen molar-refractivity contribution in [1.29, 1.82) is 0 Å². The molecule has 0 unspecified atom stereocenters. The summed E-state index contributed by atoms with van der Waals surface area (Å²) in [5, 5.41) is 1.03. The van der Waals surface area contributed by atoms with E-state index in [9.17, 15) is 0 Å². The van der Waals surface area contributed by atoms with E-state index in [0.717, 1.165) is 33.1 Å². The zero-order valence-corrected chi connectivity index (χ0v) is 10.8. The third-order valence-corrected chi connectivity index (χ3v) is 3.15. The molecule has 1 aromatic carbocycles. The average Bonchev–Trinajstić information content (AvgIpc) is 2.89. The molecule has 0 aliphatic rings. The number of hydrogen-bond acceptors (Lipinski definition) is 1. The second-order valence-corrected chi connectivity index (χ2v) is 4.50. The Hall–Kier alpha value is -2.73. The average molecular weight is 254 g/mol. The number of allylic oxidation sites excluding steroid dienone is 1. The van der Waals surface area contributed by atoms with Crippen LogP contribution in [0.25, 0.3) is 22.6 Å². The molecule has 0 fully saturated rings. The zero-order chi connectivity index (χ0) is 13.9. The topological polar surface area (TPSA) is 28.7 Å². The van der Waals surface area contributed by atoms with Crippen molar-refractivity contribution in [3.63, 3.8) is 0 Å². The number of fused-ring (bicyclic) bond motifs is 1. The van der Waals surface area contributed by atoms with Gasteiger partial charge in [-0.2, -0.15) is 0 Å². The first-order valence-electron chi connectivity index (χ1n) is 6.23. The van der Waals surface area contributed by atoms with Crippen LogP contribution >= 0.6 is 0 Å². The summed E-state index contributed by atoms with van der Waals surface area (Å²) >= 11 is 0. The summed E-state index contributed by atoms with van der Waals surface area (Å²) in [4.78, 5) is 7.30. The number of rotatable bonds is 2. The second kappa shape index (κ2) is 5.10. The van der Waals surface area contributed by atoms with Crippen LogP contribution < -0.4 is 5.46 Å². The van der Waals surface area contributed by atoms with Gasteiger partial charge < -0.3 is 4.98 Å². The van der Waals surface area contributed by atoms with E-state index in [2.05, 4.69) is 15.9 Å². The van der Waals surface area contributed by atoms with Crippen LogP contribution in [0.3, 0.4) is 0 Å². The van der Waals surface area contributed by atoms with Gasteiger partial charge in [0.2, 0.25) is 0 Å². The van der Waals surface area contributed by atoms with Crippen LogP contribution in [0.4, 0.5) is 0 Å². The SMILES string of the molecule is [B]c1ccc2[nH]cc(/C(C#C)=C/c3cccnc3)c2c1. The van der Waals surface area contributed by atoms with Crippen LogP contribution in [-0.2, 0) is 0 Å². The van der Waals surface area contributed by atoms with Crippen molar-refractivity contribution in [3.05, 3.63) is 60.0 Å². The van der Waals surface area contributed by atoms with Crippen LogP contribution in [0.2, 0.25) is 0 Å². The monoisotopic (exact) mass is 254 g/mol. The molecule has 0 bridgehead atoms. The maximum absolute atomic E-state index is 5.85. The van der Waals surface area contributed by atoms with E-state index in [1.165, 1.54) is 0 Å². The number of aromatic nitrogens is 2. The number of hydrogen-bond donors (Lipinski definition) is 1. The van der Waals surface area contributed by atoms with E-state index >= 15 is 0 Å². The summed E-state index contributed by atoms with van der Waals surface area (Å²) < 4.78 is 0. The first-order chi connectivity index (χ1) is 9.78. The van der Waals surface area contributed by atoms with Crippen molar-refractivity contribution >= 4 is 35.9 Å². The van der Waals surface area contributed by atoms with Crippen molar-refractivity contribution in [2.75, 3.05) is 0 Å². The highest BCUT2D eigenvalue weighted by Crippen LogP contribution is 2.25. The molecule has 0 saturated heterocycles. The van der Waals surface area contributed by atoms with Crippen molar-refractivity contribution in [1.82, 2.24) is 9.97 Å². The normalized spacial score (nSPS) is 11.4. The van der Waals surface area contributed by atoms with Crippen LogP contribution in [0, 0.1) is 12.3 Å². The van der Waals surface area contributed by atoms with E-state index < -0.39 is 0 Å². The van der Waals surface area contributed by atoms with Gasteiger partial charge in [0.1, 0.15) is 7.85 Å². The fraction of sp³-hybridized carbons (Fsp3) is 0. The lowest BCUT2D eigenvalue weighted by atomic mass is 9.93. The number of nitrogens with one attached hydrogen (secondary N) is 1. The minimum absolute atomic E-state index is 0.719. The van der Waals surface area contributed by atoms with Gasteiger partial charge >= 0.3 is 0 Å². The Kier molecular flexibility index (Phi) is 3.14. The van der Waals surface area contributed by atoms with Crippen LogP contribution in [-0.4, -0.2) is 17.8 Å². The van der Waals surface area contributed by atoms with Crippen molar-refractivity contribution in [3.8, 4) is 12.3 Å². The summed E-state index contributed by atoms with van der Waals surface area (Å²) in [6.45, 7) is 0. The molecule has 3 heteroatoms. The minimum atomic E-state index is 0.719. The summed E-state index contributed by atoms with van der Waals surface area (Å²) in [7, 11) is 5.85. The third kappa shape index (κ3) is 2.24. The molecule has 2 radical (unpaired) electrons. The number of benzene rings is 1. The van der Waals surface area contributed by atoms with E-state index in [4.69, 9.17) is 14.3 Å². The molecule has 2 aromatic heterocycles. The Balaban J connectivity index is 2.16. The fourth-order valence-electron chi connectivity index (χ4n) is 2.19. The minimum Gasteiger partial charge on any atom is -0.361 e. The van der Waals surface area contributed by atoms with Crippen molar-refractivity contribution < 1.29 is 0 Å². The van der Waals surface area contributed by atoms with Gasteiger partial charge in [-0.1, -0.05) is 29.6 Å². The number of aromatic amines is 1. The van der Waals surface area contributed by atoms with Crippen LogP contribution in [0.15, 0.2) is 48.9 Å². The Morgan fingerprint density at radius 3 is 3.00 bits per heavy atom. The molecule has 20 heavy (non-hydrogen) atoms. The van der Waals surface area contributed by atoms with E-state index in [0.29, 0.717) is 0 Å². The van der Waals surface area contributed by atoms with Gasteiger partial charge in [0.05, 0.1) is 0 Å². The van der Waals surface area contributed by atoms with E-state index in [1.807, 2.05) is 42.6 Å². The summed E-state index contributed by atoms with van der Waals surface area (Å²) in [6, 6.07) is 9.59. The molecule has 0 aliphatic carbocycles. The highest BCUT2D eigenvalue weighted by atomic mass is 14.7. The van der Waals surface area contributed by atoms with Gasteiger partial charge in [-0.3, -0.25) is 4.98 Å². The second-order valence-electron chi connectivity index (χ2n) is 4.50. The molecular weight excluding hydrogens is 243 g/mol. The van der Waals surface area contributed by atoms with Gasteiger partial charge in [0, 0.05) is 40.6 Å². The molecule has 0 saturated carbocycles. The number of H-pyrrole nitrogens is 1. The Morgan fingerprint density at radius 2 is 2.25 bits per heavy atom. The molecule has 3 aromatic rings. The number of nitrogens with zero attached hydrogens (tertiary/aromatic N) is 1. The molecule has 0 spiro atoms. The maximum Gasteiger partial charge on any atom is 0.113 e. The van der Waals surface area contributed by atoms with E-state index in [1.54, 1.807) is 12.4 Å². The first-order valence-corrected chi connectivity index (χ1v) is 6.23. The third-order valence-electron chi connectivity index (χ3n) is 3.15. The number of pyridine rings is 1. The van der Waals surface area contributed by atoms with Crippen LogP contribution in [0.1, 0.15) is 11.1 Å². The molecular formula is C17H11BN2. The fourth-order valence-corrected chi connectivity index (χ4v) is 2.19. The molecule has 2 nitrogen and oxygen atoms in total. The van der Waals surface area contributed by atoms with Crippen molar-refractivity contribution in [2.24, 2.45) is 0 Å². The van der Waals surface area contributed by atoms with Gasteiger partial charge in [0.25, 0.3) is 0 Å². The molecule has 2 heterocycles. The predicted octanol–water partition coefficient (Wildman–Crippen LogP) is 2.53. The Labute approximate surface area is 119 Å². The standard InChI is InChI=1S/C17H11BN2/c1-2-13(8-12-4-3-7-19-10-12)16-11-20-17-6-5-14(18)9-15(16)17/h1,3-11,20H/b13-8+. The largest absolute Gasteiger partial charge is 0.361 e. The molecule has 3 rings (SSSR count). The lowest BCUT2D eigenvalue weighted by Gasteiger charge is -2.00. The first kappa shape index (κ1) is 12.3. The van der Waals surface area contributed by atoms with Crippen LogP contribution in [0.5, 0.6) is 0 Å². The molecule has 1 N–H and O–H groups in total. The van der Waals surface area contributed by atoms with E-state index in [-0.39, 0.29) is 0 Å². The number of terminal acetylenes is 1. The lowest BCUT2D eigenvalue weighted by molar-refractivity contribution is 1.32. The Bertz CT molecular complexity index is 823. The summed E-state index contributed by atoms with van der Waals surface area (Å²) in [5.74, 6) is 2.74. The van der Waals surface area contributed by atoms with Gasteiger partial charge in [0.15, 0.2) is 0 Å². The Morgan fingerprint density at radius 1 is 1.35 bits per heavy atom. The highest BCUT2D eigenvalue weighted by molar-refractivity contribution is 6.33. The van der Waals surface area contributed by atoms with Gasteiger partial charge in [-0.25, -0.2) is 0 Å². The maximum atomic E-state index is 5.85. The highest BCUT2D eigenvalue weighted by Gasteiger charge is 2.07. The van der Waals surface area contributed by atoms with Crippen molar-refractivity contribution in [2.45, 2.75) is 0 Å². The molecule has 92 valence electrons. The predicted molar refractivity (Wildman–Crippen MR) is 84.6 cm³/mol. The lowest BCUT2D eigenvalue weighted by Crippen LogP contribution is -1.99. The quantitative estimate of drug-likeness (QED) is 0.552. The van der Waals surface area contributed by atoms with Gasteiger partial charge in [-0.15, -0.1) is 6.42 Å². The summed E-state index contributed by atoms with van der Waals surface area (Å²) in [6.07, 6.45) is 13.0. The summed E-state index contributed by atoms with van der Waals surface area (Å²) in [5.41, 5.74) is 4.48.